The Balaban J connectivity index is 1.21. The summed E-state index contributed by atoms with van der Waals surface area (Å²) in [6.45, 7) is 11.5. The van der Waals surface area contributed by atoms with Crippen LogP contribution in [0.3, 0.4) is 0 Å². The predicted molar refractivity (Wildman–Crippen MR) is 316 cm³/mol. The van der Waals surface area contributed by atoms with Crippen molar-refractivity contribution in [3.05, 3.63) is 71.8 Å². The molecule has 83 heavy (non-hydrogen) atoms. The highest BCUT2D eigenvalue weighted by Crippen LogP contribution is 2.18. The molecule has 5 rings (SSSR count). The molecule has 0 saturated carbocycles. The third kappa shape index (κ3) is 29.6. The third-order valence-electron chi connectivity index (χ3n) is 15.1. The number of hydrogen-bond acceptors (Lipinski definition) is 15. The van der Waals surface area contributed by atoms with Crippen molar-refractivity contribution in [1.29, 1.82) is 0 Å². The number of carbonyl (C=O) groups excluding carboxylic acids is 6. The molecule has 4 unspecified atom stereocenters. The maximum Gasteiger partial charge on any atom is 0.326 e. The lowest BCUT2D eigenvalue weighted by Crippen LogP contribution is -2.66. The van der Waals surface area contributed by atoms with Gasteiger partial charge in [-0.1, -0.05) is 99.7 Å². The molecule has 2 aromatic carbocycles. The first-order chi connectivity index (χ1) is 39.9. The number of carboxylic acid groups (broad SMARTS) is 3. The zero-order valence-electron chi connectivity index (χ0n) is 48.7. The van der Waals surface area contributed by atoms with Crippen LogP contribution < -0.4 is 58.5 Å². The molecule has 3 aliphatic rings. The number of nitrogens with one attached hydrogen (secondary N) is 11. The van der Waals surface area contributed by atoms with E-state index in [9.17, 15) is 53.4 Å². The van der Waals surface area contributed by atoms with Gasteiger partial charge >= 0.3 is 23.9 Å². The van der Waals surface area contributed by atoms with E-state index < -0.39 is 59.9 Å². The number of amides is 5. The first-order valence-electron chi connectivity index (χ1n) is 29.9. The Morgan fingerprint density at radius 1 is 0.494 bits per heavy atom. The van der Waals surface area contributed by atoms with Crippen LogP contribution in [-0.4, -0.2) is 177 Å². The summed E-state index contributed by atoms with van der Waals surface area (Å²) in [5, 5.41) is 62.8. The van der Waals surface area contributed by atoms with E-state index in [0.717, 1.165) is 89.3 Å². The molecule has 23 nitrogen and oxygen atoms in total. The topological polar surface area (TPSA) is 347 Å². The molecule has 3 fully saturated rings. The van der Waals surface area contributed by atoms with Crippen LogP contribution in [0, 0.1) is 11.3 Å². The van der Waals surface area contributed by atoms with E-state index in [2.05, 4.69) is 65.4 Å². The molecule has 4 atom stereocenters. The second-order valence-electron chi connectivity index (χ2n) is 22.7. The monoisotopic (exact) mass is 1160 g/mol. The first-order valence-corrected chi connectivity index (χ1v) is 29.9. The molecule has 23 heteroatoms. The van der Waals surface area contributed by atoms with Gasteiger partial charge in [-0.25, -0.2) is 14.4 Å². The smallest absolute Gasteiger partial charge is 0.326 e. The Kier molecular flexibility index (Phi) is 32.7. The largest absolute Gasteiger partial charge is 0.481 e. The number of ketones is 2. The Hall–Kier alpha value is -6.37. The van der Waals surface area contributed by atoms with E-state index in [-0.39, 0.29) is 79.6 Å². The fourth-order valence-electron chi connectivity index (χ4n) is 10.3. The summed E-state index contributed by atoms with van der Waals surface area (Å²) in [5.41, 5.74) is 1.19. The normalized spacial score (nSPS) is 19.5. The number of urea groups is 1. The number of carboxylic acids is 3. The second-order valence-corrected chi connectivity index (χ2v) is 22.7. The summed E-state index contributed by atoms with van der Waals surface area (Å²) < 4.78 is 0. The van der Waals surface area contributed by atoms with E-state index >= 15 is 0 Å². The van der Waals surface area contributed by atoms with E-state index in [0.29, 0.717) is 77.5 Å². The number of carbonyl (C=O) groups is 9. The van der Waals surface area contributed by atoms with Gasteiger partial charge in [-0.05, 0) is 62.5 Å². The van der Waals surface area contributed by atoms with Crippen LogP contribution in [0.25, 0.3) is 0 Å². The highest BCUT2D eigenvalue weighted by atomic mass is 16.4. The lowest BCUT2D eigenvalue weighted by Gasteiger charge is -2.37. The quantitative estimate of drug-likeness (QED) is 0.0440. The summed E-state index contributed by atoms with van der Waals surface area (Å²) in [7, 11) is 0. The van der Waals surface area contributed by atoms with Crippen LogP contribution in [-0.2, 0) is 51.2 Å². The first kappa shape index (κ1) is 69.1. The zero-order valence-corrected chi connectivity index (χ0v) is 48.7. The summed E-state index contributed by atoms with van der Waals surface area (Å²) in [6, 6.07) is 14.2. The number of benzene rings is 2. The van der Waals surface area contributed by atoms with Gasteiger partial charge in [-0.3, -0.25) is 28.8 Å². The van der Waals surface area contributed by atoms with Gasteiger partial charge in [0.05, 0.1) is 11.6 Å². The Bertz CT molecular complexity index is 2270. The fraction of sp³-hybridized carbons (Fsp3) is 0.650. The highest BCUT2D eigenvalue weighted by molar-refractivity contribution is 5.93. The van der Waals surface area contributed by atoms with Crippen molar-refractivity contribution in [2.24, 2.45) is 11.3 Å². The van der Waals surface area contributed by atoms with Crippen LogP contribution in [0.4, 0.5) is 4.79 Å². The Morgan fingerprint density at radius 3 is 1.49 bits per heavy atom. The van der Waals surface area contributed by atoms with E-state index in [1.165, 1.54) is 0 Å². The molecule has 0 aromatic heterocycles. The van der Waals surface area contributed by atoms with Gasteiger partial charge in [0.25, 0.3) is 0 Å². The molecule has 3 aliphatic heterocycles. The molecule has 2 bridgehead atoms. The molecular formula is C60H95N11O12. The van der Waals surface area contributed by atoms with E-state index in [1.807, 2.05) is 60.7 Å². The minimum atomic E-state index is -1.50. The van der Waals surface area contributed by atoms with Crippen molar-refractivity contribution in [2.45, 2.75) is 153 Å². The predicted octanol–water partition coefficient (Wildman–Crippen LogP) is 2.18. The minimum absolute atomic E-state index is 0.0332. The molecular weight excluding hydrogens is 1070 g/mol. The highest BCUT2D eigenvalue weighted by Gasteiger charge is 2.33. The number of aliphatic carboxylic acids is 3. The molecule has 0 radical (unpaired) electrons. The van der Waals surface area contributed by atoms with Crippen molar-refractivity contribution in [2.75, 3.05) is 85.1 Å². The van der Waals surface area contributed by atoms with Gasteiger partial charge in [0.15, 0.2) is 5.78 Å². The summed E-state index contributed by atoms with van der Waals surface area (Å²) >= 11 is 0. The SMILES string of the molecule is CC12CNCCNCC(NC(=O)CCCC(=O)NC(Cc3ccccc3)C(=O)CC(Cc3ccccc3)C(=O)NCCCCCCCC(=O)CCCCCC(NC(=O)NC(CCC(=O)O)C(=O)O)C(=O)O)(CNCCNC1)CNCCNC2. The lowest BCUT2D eigenvalue weighted by molar-refractivity contribution is -0.141. The Morgan fingerprint density at radius 2 is 0.964 bits per heavy atom. The zero-order chi connectivity index (χ0) is 60.1. The molecule has 3 heterocycles. The fourth-order valence-corrected chi connectivity index (χ4v) is 10.3. The van der Waals surface area contributed by atoms with E-state index in [1.54, 1.807) is 0 Å². The average molecular weight is 1160 g/mol. The summed E-state index contributed by atoms with van der Waals surface area (Å²) in [4.78, 5) is 114. The van der Waals surface area contributed by atoms with Gasteiger partial charge < -0.3 is 73.8 Å². The van der Waals surface area contributed by atoms with Gasteiger partial charge in [-0.15, -0.1) is 0 Å². The van der Waals surface area contributed by atoms with Gasteiger partial charge in [0, 0.05) is 135 Å². The van der Waals surface area contributed by atoms with E-state index in [4.69, 9.17) is 5.11 Å². The number of rotatable bonds is 35. The van der Waals surface area contributed by atoms with Gasteiger partial charge in [0.1, 0.15) is 17.9 Å². The molecule has 462 valence electrons. The third-order valence-corrected chi connectivity index (χ3v) is 15.1. The van der Waals surface area contributed by atoms with Crippen LogP contribution in [0.15, 0.2) is 60.7 Å². The number of unbranched alkanes of at least 4 members (excludes halogenated alkanes) is 6. The average Bonchev–Trinajstić information content (AvgIpc) is 3.58. The number of hydrogen-bond donors (Lipinski definition) is 14. The summed E-state index contributed by atoms with van der Waals surface area (Å²) in [6.07, 6.45) is 6.22. The van der Waals surface area contributed by atoms with Crippen LogP contribution in [0.5, 0.6) is 0 Å². The minimum Gasteiger partial charge on any atom is -0.481 e. The number of fused-ring (bicyclic) bond motifs is 15. The van der Waals surface area contributed by atoms with Crippen molar-refractivity contribution in [3.63, 3.8) is 0 Å². The molecule has 3 saturated heterocycles. The van der Waals surface area contributed by atoms with Crippen molar-refractivity contribution < 1.29 is 58.5 Å². The maximum absolute atomic E-state index is 14.3. The van der Waals surface area contributed by atoms with Crippen molar-refractivity contribution >= 4 is 53.2 Å². The molecule has 5 amide bonds. The Labute approximate surface area is 489 Å². The van der Waals surface area contributed by atoms with Gasteiger partial charge in [-0.2, -0.15) is 0 Å². The summed E-state index contributed by atoms with van der Waals surface area (Å²) in [5.74, 6) is -5.61. The molecule has 2 aromatic rings. The standard InChI is InChI=1S/C60H95N11O12/c1-59-38-61-29-32-64-41-60(42-65-33-30-62-39-59,43-66-34-31-63-40-59)71-53(75)25-16-24-52(74)68-50(36-45-19-10-6-11-20-45)51(73)37-46(35-44-17-8-5-9-18-44)55(78)67-28-15-4-2-3-12-21-47(72)22-13-7-14-23-48(56(79)80)69-58(83)70-49(57(81)82)26-27-54(76)77/h5-6,8-11,17-20,46,48-50,61-66H,2-4,7,12-16,21-43H2,1H3,(H,67,78)(H,68,74)(H,71,75)(H,76,77)(H,79,80)(H,81,82)(H2,69,70,83). The maximum atomic E-state index is 14.3. The lowest BCUT2D eigenvalue weighted by atomic mass is 9.89. The molecule has 14 N–H and O–H groups in total. The van der Waals surface area contributed by atoms with Crippen LogP contribution in [0.1, 0.15) is 127 Å². The molecule has 0 spiro atoms. The molecule has 0 aliphatic carbocycles. The van der Waals surface area contributed by atoms with Crippen molar-refractivity contribution in [1.82, 2.24) is 58.5 Å². The van der Waals surface area contributed by atoms with Crippen LogP contribution >= 0.6 is 0 Å². The van der Waals surface area contributed by atoms with Crippen molar-refractivity contribution in [3.8, 4) is 0 Å². The second kappa shape index (κ2) is 39.2. The van der Waals surface area contributed by atoms with Gasteiger partial charge in [0.2, 0.25) is 17.7 Å². The van der Waals surface area contributed by atoms with Crippen LogP contribution in [0.2, 0.25) is 0 Å². The number of Topliss-reactive ketones (excluding diaryl/α,β-unsaturated/α-hetero) is 2.